The fourth-order valence-corrected chi connectivity index (χ4v) is 9.82. The SMILES string of the molecule is CCNc1cc2oc(-c3ccc(F)cc3)c(C(=O)NC)c2cc1-c1cccc(C(=O)NC2CC(OCC(CO)(CO)NC(=O)c3cccc(-c4cc5c(C(=O)NC)c(-c6ccc(F)cc6)oc5cc4N(CC)CC)c3)NC2=O)c1. The molecule has 3 heterocycles. The predicted molar refractivity (Wildman–Crippen MR) is 297 cm³/mol. The van der Waals surface area contributed by atoms with Crippen molar-refractivity contribution >= 4 is 62.8 Å². The molecule has 1 fully saturated rings. The maximum absolute atomic E-state index is 14.1. The number of fused-ring (bicyclic) bond motifs is 2. The zero-order valence-electron chi connectivity index (χ0n) is 44.0. The summed E-state index contributed by atoms with van der Waals surface area (Å²) in [7, 11) is 3.01. The van der Waals surface area contributed by atoms with Gasteiger partial charge in [0.1, 0.15) is 52.1 Å². The Hall–Kier alpha value is -8.91. The van der Waals surface area contributed by atoms with Gasteiger partial charge in [0.15, 0.2) is 0 Å². The standard InChI is InChI=1S/C60H59F2N7O10/c1-6-65-45-27-48-43(51(58(75)63-4)53(78-48)33-15-19-39(61)20-16-33)25-41(45)35-11-9-13-37(23-35)55(72)66-46-28-50(67-57(46)74)77-32-60(30-70,31-71)68-56(73)38-14-10-12-36(24-38)42-26-44-49(29-47(42)69(7-2)8-3)79-54(52(44)59(76)64-5)34-17-21-40(62)22-18-34/h9-27,29,46,50,65,70-71H,6-8,28,30-32H2,1-5H3,(H,63,75)(H,64,76)(H,66,72)(H,67,74)(H,68,73). The van der Waals surface area contributed by atoms with E-state index in [1.165, 1.54) is 62.6 Å². The molecule has 5 amide bonds. The summed E-state index contributed by atoms with van der Waals surface area (Å²) >= 11 is 0. The first-order chi connectivity index (χ1) is 38.1. The molecule has 0 bridgehead atoms. The summed E-state index contributed by atoms with van der Waals surface area (Å²) < 4.78 is 46.4. The first-order valence-corrected chi connectivity index (χ1v) is 25.8. The molecule has 1 aliphatic rings. The number of ether oxygens (including phenoxy) is 1. The van der Waals surface area contributed by atoms with Crippen molar-refractivity contribution in [3.05, 3.63) is 155 Å². The third-order valence-electron chi connectivity index (χ3n) is 14.0. The van der Waals surface area contributed by atoms with Gasteiger partial charge in [-0.15, -0.1) is 0 Å². The summed E-state index contributed by atoms with van der Waals surface area (Å²) in [4.78, 5) is 70.3. The Balaban J connectivity index is 0.907. The van der Waals surface area contributed by atoms with Crippen LogP contribution in [0.3, 0.4) is 0 Å². The third kappa shape index (κ3) is 11.1. The molecule has 0 aliphatic carbocycles. The Morgan fingerprint density at radius 1 is 0.671 bits per heavy atom. The highest BCUT2D eigenvalue weighted by Crippen LogP contribution is 2.43. The highest BCUT2D eigenvalue weighted by atomic mass is 19.1. The molecule has 8 N–H and O–H groups in total. The minimum atomic E-state index is -1.73. The van der Waals surface area contributed by atoms with Crippen LogP contribution in [-0.4, -0.2) is 111 Å². The van der Waals surface area contributed by atoms with Gasteiger partial charge >= 0.3 is 0 Å². The van der Waals surface area contributed by atoms with Crippen molar-refractivity contribution in [2.45, 2.75) is 45.0 Å². The van der Waals surface area contributed by atoms with E-state index < -0.39 is 78.8 Å². The third-order valence-corrected chi connectivity index (χ3v) is 14.0. The molecule has 8 aromatic rings. The number of aliphatic hydroxyl groups is 2. The van der Waals surface area contributed by atoms with Crippen LogP contribution in [0.1, 0.15) is 68.6 Å². The van der Waals surface area contributed by atoms with E-state index in [1.807, 2.05) is 39.0 Å². The Morgan fingerprint density at radius 2 is 1.19 bits per heavy atom. The smallest absolute Gasteiger partial charge is 0.255 e. The minimum Gasteiger partial charge on any atom is -0.455 e. The molecule has 2 atom stereocenters. The molecular formula is C60H59F2N7O10. The lowest BCUT2D eigenvalue weighted by atomic mass is 9.96. The highest BCUT2D eigenvalue weighted by molar-refractivity contribution is 6.14. The number of hydrogen-bond donors (Lipinski definition) is 8. The van der Waals surface area contributed by atoms with Crippen LogP contribution >= 0.6 is 0 Å². The van der Waals surface area contributed by atoms with Gasteiger partial charge in [0, 0.05) is 108 Å². The van der Waals surface area contributed by atoms with E-state index in [-0.39, 0.29) is 40.2 Å². The number of hydrogen-bond acceptors (Lipinski definition) is 12. The van der Waals surface area contributed by atoms with Gasteiger partial charge in [-0.05, 0) is 117 Å². The van der Waals surface area contributed by atoms with Crippen molar-refractivity contribution in [2.75, 3.05) is 63.8 Å². The number of furan rings is 2. The zero-order chi connectivity index (χ0) is 56.1. The normalized spacial score (nSPS) is 14.3. The average molecular weight is 1080 g/mol. The molecule has 1 saturated heterocycles. The second kappa shape index (κ2) is 23.4. The van der Waals surface area contributed by atoms with Crippen molar-refractivity contribution in [3.63, 3.8) is 0 Å². The van der Waals surface area contributed by atoms with Gasteiger partial charge in [-0.3, -0.25) is 24.0 Å². The molecule has 2 aromatic heterocycles. The maximum Gasteiger partial charge on any atom is 0.255 e. The number of aliphatic hydroxyl groups excluding tert-OH is 2. The lowest BCUT2D eigenvalue weighted by Crippen LogP contribution is -2.58. The summed E-state index contributed by atoms with van der Waals surface area (Å²) in [5.41, 5.74) is 4.97. The second-order valence-corrected chi connectivity index (χ2v) is 19.0. The van der Waals surface area contributed by atoms with Crippen molar-refractivity contribution in [2.24, 2.45) is 0 Å². The van der Waals surface area contributed by atoms with Gasteiger partial charge in [-0.2, -0.15) is 0 Å². The monoisotopic (exact) mass is 1080 g/mol. The summed E-state index contributed by atoms with van der Waals surface area (Å²) in [5.74, 6) is -2.95. The summed E-state index contributed by atoms with van der Waals surface area (Å²) in [6.07, 6.45) is -1.02. The van der Waals surface area contributed by atoms with Gasteiger partial charge in [-0.25, -0.2) is 8.78 Å². The summed E-state index contributed by atoms with van der Waals surface area (Å²) in [6.45, 7) is 5.72. The number of nitrogens with one attached hydrogen (secondary N) is 6. The molecule has 6 aromatic carbocycles. The number of rotatable bonds is 20. The maximum atomic E-state index is 14.1. The molecule has 19 heteroatoms. The number of benzene rings is 6. The number of nitrogens with zero attached hydrogens (tertiary/aromatic N) is 1. The van der Waals surface area contributed by atoms with Crippen molar-refractivity contribution in [3.8, 4) is 44.9 Å². The number of amides is 5. The van der Waals surface area contributed by atoms with E-state index in [0.29, 0.717) is 80.6 Å². The van der Waals surface area contributed by atoms with Crippen LogP contribution in [0.15, 0.2) is 130 Å². The highest BCUT2D eigenvalue weighted by Gasteiger charge is 2.38. The first kappa shape index (κ1) is 54.9. The molecule has 9 rings (SSSR count). The number of carbonyl (C=O) groups excluding carboxylic acids is 5. The topological polar surface area (TPSA) is 237 Å². The number of carbonyl (C=O) groups is 5. The van der Waals surface area contributed by atoms with Crippen LogP contribution in [0.4, 0.5) is 20.2 Å². The van der Waals surface area contributed by atoms with Crippen LogP contribution in [0, 0.1) is 11.6 Å². The van der Waals surface area contributed by atoms with Crippen molar-refractivity contribution in [1.82, 2.24) is 26.6 Å². The van der Waals surface area contributed by atoms with Gasteiger partial charge in [0.05, 0.1) is 30.9 Å². The van der Waals surface area contributed by atoms with E-state index in [0.717, 1.165) is 5.69 Å². The molecule has 79 heavy (non-hydrogen) atoms. The van der Waals surface area contributed by atoms with Crippen LogP contribution in [0.2, 0.25) is 0 Å². The van der Waals surface area contributed by atoms with E-state index >= 15 is 0 Å². The average Bonchev–Trinajstić information content (AvgIpc) is 4.39. The molecular weight excluding hydrogens is 1020 g/mol. The van der Waals surface area contributed by atoms with Crippen LogP contribution in [0.5, 0.6) is 0 Å². The summed E-state index contributed by atoms with van der Waals surface area (Å²) in [5, 5.41) is 39.2. The van der Waals surface area contributed by atoms with Crippen molar-refractivity contribution < 1.29 is 56.5 Å². The van der Waals surface area contributed by atoms with E-state index in [1.54, 1.807) is 54.6 Å². The number of anilines is 2. The van der Waals surface area contributed by atoms with Gasteiger partial charge < -0.3 is 60.6 Å². The lowest BCUT2D eigenvalue weighted by Gasteiger charge is -2.32. The van der Waals surface area contributed by atoms with Gasteiger partial charge in [0.2, 0.25) is 5.91 Å². The fourth-order valence-electron chi connectivity index (χ4n) is 9.82. The van der Waals surface area contributed by atoms with E-state index in [9.17, 15) is 43.0 Å². The van der Waals surface area contributed by atoms with Crippen LogP contribution in [-0.2, 0) is 9.53 Å². The Bertz CT molecular complexity index is 3610. The molecule has 0 saturated carbocycles. The zero-order valence-corrected chi connectivity index (χ0v) is 44.0. The quantitative estimate of drug-likeness (QED) is 0.0360. The fraction of sp³-hybridized carbons (Fsp3) is 0.250. The van der Waals surface area contributed by atoms with Crippen LogP contribution in [0.25, 0.3) is 66.8 Å². The van der Waals surface area contributed by atoms with E-state index in [2.05, 4.69) is 36.8 Å². The number of halogens is 2. The minimum absolute atomic E-state index is 0.0313. The molecule has 408 valence electrons. The predicted octanol–water partition coefficient (Wildman–Crippen LogP) is 8.24. The molecule has 17 nitrogen and oxygen atoms in total. The Labute approximate surface area is 453 Å². The second-order valence-electron chi connectivity index (χ2n) is 19.0. The van der Waals surface area contributed by atoms with E-state index in [4.69, 9.17) is 13.6 Å². The first-order valence-electron chi connectivity index (χ1n) is 25.8. The Kier molecular flexibility index (Phi) is 16.2. The largest absolute Gasteiger partial charge is 0.455 e. The lowest BCUT2D eigenvalue weighted by molar-refractivity contribution is -0.122. The van der Waals surface area contributed by atoms with Crippen molar-refractivity contribution in [1.29, 1.82) is 0 Å². The Morgan fingerprint density at radius 3 is 1.71 bits per heavy atom. The molecule has 1 aliphatic heterocycles. The summed E-state index contributed by atoms with van der Waals surface area (Å²) in [6, 6.07) is 30.9. The molecule has 2 unspecified atom stereocenters. The molecule has 0 radical (unpaired) electrons. The van der Waals surface area contributed by atoms with Gasteiger partial charge in [0.25, 0.3) is 23.6 Å². The molecule has 0 spiro atoms. The van der Waals surface area contributed by atoms with Gasteiger partial charge in [-0.1, -0.05) is 24.3 Å². The van der Waals surface area contributed by atoms with Crippen LogP contribution < -0.4 is 36.8 Å².